The summed E-state index contributed by atoms with van der Waals surface area (Å²) >= 11 is 0. The Bertz CT molecular complexity index is 848. The van der Waals surface area contributed by atoms with Crippen LogP contribution in [-0.2, 0) is 16.0 Å². The van der Waals surface area contributed by atoms with E-state index in [2.05, 4.69) is 0 Å². The number of hydrogen-bond acceptors (Lipinski definition) is 6. The molecule has 0 unspecified atom stereocenters. The second-order valence-corrected chi connectivity index (χ2v) is 7.45. The lowest BCUT2D eigenvalue weighted by Gasteiger charge is -2.23. The van der Waals surface area contributed by atoms with E-state index in [0.29, 0.717) is 49.4 Å². The number of unbranched alkanes of at least 4 members (excludes halogenated alkanes) is 1. The zero-order valence-corrected chi connectivity index (χ0v) is 19.2. The number of rotatable bonds is 12. The molecule has 1 amide bonds. The molecule has 7 nitrogen and oxygen atoms in total. The molecule has 31 heavy (non-hydrogen) atoms. The van der Waals surface area contributed by atoms with Crippen LogP contribution in [0.5, 0.6) is 11.5 Å². The first-order valence-corrected chi connectivity index (χ1v) is 10.5. The fraction of sp³-hybridized carbons (Fsp3) is 0.500. The predicted molar refractivity (Wildman–Crippen MR) is 118 cm³/mol. The number of carbonyl (C=O) groups excluding carboxylic acids is 2. The summed E-state index contributed by atoms with van der Waals surface area (Å²) in [6.45, 7) is 4.93. The smallest absolute Gasteiger partial charge is 0.305 e. The minimum Gasteiger partial charge on any atom is -0.496 e. The zero-order valence-electron chi connectivity index (χ0n) is 19.2. The van der Waals surface area contributed by atoms with E-state index in [4.69, 9.17) is 18.6 Å². The van der Waals surface area contributed by atoms with Gasteiger partial charge in [-0.1, -0.05) is 0 Å². The van der Waals surface area contributed by atoms with Crippen molar-refractivity contribution in [1.29, 1.82) is 0 Å². The predicted octanol–water partition coefficient (Wildman–Crippen LogP) is 4.33. The molecule has 2 aromatic rings. The quantitative estimate of drug-likeness (QED) is 0.368. The average Bonchev–Trinajstić information content (AvgIpc) is 3.19. The van der Waals surface area contributed by atoms with E-state index in [1.807, 2.05) is 30.9 Å². The van der Waals surface area contributed by atoms with Gasteiger partial charge in [0.25, 0.3) is 5.91 Å². The van der Waals surface area contributed by atoms with Crippen molar-refractivity contribution in [3.05, 3.63) is 46.9 Å². The third-order valence-electron chi connectivity index (χ3n) is 5.22. The van der Waals surface area contributed by atoms with Crippen LogP contribution >= 0.6 is 0 Å². The standard InChI is InChI=1S/C24H33NO6/c1-17-11-12-20(31-17)9-8-14-25(13-7-6-10-23(26)30-5)24(27)19-15-21(28-3)18(2)22(16-19)29-4/h11-12,15-16H,6-10,13-14H2,1-5H3. The second kappa shape index (κ2) is 12.0. The van der Waals surface area contributed by atoms with Crippen LogP contribution in [-0.4, -0.2) is 51.2 Å². The molecule has 0 bridgehead atoms. The lowest BCUT2D eigenvalue weighted by Crippen LogP contribution is -2.33. The summed E-state index contributed by atoms with van der Waals surface area (Å²) in [7, 11) is 4.53. The van der Waals surface area contributed by atoms with Gasteiger partial charge in [0.1, 0.15) is 23.0 Å². The Hall–Kier alpha value is -2.96. The number of esters is 1. The number of ether oxygens (including phenoxy) is 3. The number of benzene rings is 1. The Morgan fingerprint density at radius 3 is 2.13 bits per heavy atom. The van der Waals surface area contributed by atoms with E-state index in [1.165, 1.54) is 7.11 Å². The monoisotopic (exact) mass is 431 g/mol. The van der Waals surface area contributed by atoms with Crippen molar-refractivity contribution < 1.29 is 28.2 Å². The Labute approximate surface area is 184 Å². The highest BCUT2D eigenvalue weighted by Crippen LogP contribution is 2.30. The third-order valence-corrected chi connectivity index (χ3v) is 5.22. The molecule has 0 spiro atoms. The van der Waals surface area contributed by atoms with Crippen LogP contribution in [0.2, 0.25) is 0 Å². The van der Waals surface area contributed by atoms with Crippen molar-refractivity contribution in [2.75, 3.05) is 34.4 Å². The molecule has 0 saturated heterocycles. The average molecular weight is 432 g/mol. The van der Waals surface area contributed by atoms with E-state index in [9.17, 15) is 9.59 Å². The zero-order chi connectivity index (χ0) is 22.8. The Morgan fingerprint density at radius 2 is 1.58 bits per heavy atom. The molecule has 0 fully saturated rings. The van der Waals surface area contributed by atoms with Gasteiger partial charge in [0, 0.05) is 37.1 Å². The molecule has 0 atom stereocenters. The molecule has 0 aliphatic carbocycles. The number of methoxy groups -OCH3 is 3. The minimum absolute atomic E-state index is 0.0923. The Morgan fingerprint density at radius 1 is 0.935 bits per heavy atom. The molecule has 7 heteroatoms. The molecule has 1 aromatic heterocycles. The van der Waals surface area contributed by atoms with Crippen molar-refractivity contribution in [2.24, 2.45) is 0 Å². The molecule has 0 N–H and O–H groups in total. The summed E-state index contributed by atoms with van der Waals surface area (Å²) in [5.41, 5.74) is 1.36. The van der Waals surface area contributed by atoms with Crippen LogP contribution in [0.4, 0.5) is 0 Å². The van der Waals surface area contributed by atoms with Gasteiger partial charge in [-0.2, -0.15) is 0 Å². The first-order valence-electron chi connectivity index (χ1n) is 10.5. The summed E-state index contributed by atoms with van der Waals surface area (Å²) in [6, 6.07) is 7.40. The van der Waals surface area contributed by atoms with Crippen molar-refractivity contribution in [3.8, 4) is 11.5 Å². The van der Waals surface area contributed by atoms with E-state index in [-0.39, 0.29) is 11.9 Å². The van der Waals surface area contributed by atoms with Gasteiger partial charge in [0.05, 0.1) is 21.3 Å². The number of hydrogen-bond donors (Lipinski definition) is 0. The van der Waals surface area contributed by atoms with Crippen molar-refractivity contribution in [2.45, 2.75) is 46.0 Å². The van der Waals surface area contributed by atoms with E-state index in [0.717, 1.165) is 29.9 Å². The van der Waals surface area contributed by atoms with Gasteiger partial charge < -0.3 is 23.5 Å². The minimum atomic E-state index is -0.237. The molecule has 0 saturated carbocycles. The van der Waals surface area contributed by atoms with Gasteiger partial charge in [-0.05, 0) is 57.4 Å². The number of amides is 1. The van der Waals surface area contributed by atoms with E-state index in [1.54, 1.807) is 26.4 Å². The Balaban J connectivity index is 2.11. The number of carbonyl (C=O) groups is 2. The fourth-order valence-corrected chi connectivity index (χ4v) is 3.44. The third kappa shape index (κ3) is 7.05. The van der Waals surface area contributed by atoms with Crippen LogP contribution in [0.25, 0.3) is 0 Å². The SMILES string of the molecule is COC(=O)CCCCN(CCCc1ccc(C)o1)C(=O)c1cc(OC)c(C)c(OC)c1. The molecule has 1 heterocycles. The summed E-state index contributed by atoms with van der Waals surface area (Å²) < 4.78 is 21.2. The number of furan rings is 1. The lowest BCUT2D eigenvalue weighted by molar-refractivity contribution is -0.140. The summed E-state index contributed by atoms with van der Waals surface area (Å²) in [5, 5.41) is 0. The molecular formula is C24H33NO6. The number of nitrogens with zero attached hydrogens (tertiary/aromatic N) is 1. The van der Waals surface area contributed by atoms with Gasteiger partial charge in [-0.3, -0.25) is 9.59 Å². The number of aryl methyl sites for hydroxylation is 2. The molecule has 0 radical (unpaired) electrons. The van der Waals surface area contributed by atoms with Crippen LogP contribution in [0.3, 0.4) is 0 Å². The summed E-state index contributed by atoms with van der Waals surface area (Å²) in [6.07, 6.45) is 3.24. The van der Waals surface area contributed by atoms with Gasteiger partial charge in [-0.15, -0.1) is 0 Å². The largest absolute Gasteiger partial charge is 0.496 e. The highest BCUT2D eigenvalue weighted by Gasteiger charge is 2.19. The van der Waals surface area contributed by atoms with Crippen molar-refractivity contribution in [3.63, 3.8) is 0 Å². The summed E-state index contributed by atoms with van der Waals surface area (Å²) in [4.78, 5) is 26.5. The van der Waals surface area contributed by atoms with Gasteiger partial charge in [-0.25, -0.2) is 0 Å². The highest BCUT2D eigenvalue weighted by atomic mass is 16.5. The van der Waals surface area contributed by atoms with Gasteiger partial charge in [0.15, 0.2) is 0 Å². The van der Waals surface area contributed by atoms with Gasteiger partial charge in [0.2, 0.25) is 0 Å². The fourth-order valence-electron chi connectivity index (χ4n) is 3.44. The lowest BCUT2D eigenvalue weighted by atomic mass is 10.1. The van der Waals surface area contributed by atoms with E-state index >= 15 is 0 Å². The van der Waals surface area contributed by atoms with Crippen molar-refractivity contribution >= 4 is 11.9 Å². The maximum atomic E-state index is 13.3. The first-order chi connectivity index (χ1) is 14.9. The summed E-state index contributed by atoms with van der Waals surface area (Å²) in [5.74, 6) is 2.68. The second-order valence-electron chi connectivity index (χ2n) is 7.45. The maximum absolute atomic E-state index is 13.3. The van der Waals surface area contributed by atoms with E-state index < -0.39 is 0 Å². The highest BCUT2D eigenvalue weighted by molar-refractivity contribution is 5.95. The normalized spacial score (nSPS) is 10.6. The van der Waals surface area contributed by atoms with Crippen LogP contribution in [0.1, 0.15) is 53.1 Å². The first kappa shape index (κ1) is 24.3. The molecule has 0 aliphatic rings. The van der Waals surface area contributed by atoms with Crippen molar-refractivity contribution in [1.82, 2.24) is 4.90 Å². The molecule has 170 valence electrons. The molecule has 0 aliphatic heterocycles. The molecule has 2 rings (SSSR count). The van der Waals surface area contributed by atoms with Crippen LogP contribution in [0.15, 0.2) is 28.7 Å². The van der Waals surface area contributed by atoms with Gasteiger partial charge >= 0.3 is 5.97 Å². The molecular weight excluding hydrogens is 398 g/mol. The van der Waals surface area contributed by atoms with Crippen LogP contribution < -0.4 is 9.47 Å². The molecule has 1 aromatic carbocycles. The maximum Gasteiger partial charge on any atom is 0.305 e. The topological polar surface area (TPSA) is 78.2 Å². The van der Waals surface area contributed by atoms with Crippen LogP contribution in [0, 0.1) is 13.8 Å². The Kier molecular flexibility index (Phi) is 9.43.